The lowest BCUT2D eigenvalue weighted by molar-refractivity contribution is 0.202. The van der Waals surface area contributed by atoms with E-state index in [0.29, 0.717) is 5.75 Å². The van der Waals surface area contributed by atoms with E-state index in [1.54, 1.807) is 6.07 Å². The van der Waals surface area contributed by atoms with Gasteiger partial charge < -0.3 is 4.74 Å². The number of hydrogen-bond donors (Lipinski definition) is 0. The Kier molecular flexibility index (Phi) is 2.54. The Morgan fingerprint density at radius 1 is 1.13 bits per heavy atom. The number of carbonyl (C=O) groups excluding carboxylic acids is 1. The molecular formula is C12H10NO2. The lowest BCUT2D eigenvalue weighted by Gasteiger charge is -2.05. The number of amides is 1. The molecule has 0 saturated heterocycles. The normalized spacial score (nSPS) is 9.93. The van der Waals surface area contributed by atoms with Gasteiger partial charge in [-0.1, -0.05) is 36.4 Å². The highest BCUT2D eigenvalue weighted by atomic mass is 16.6. The predicted molar refractivity (Wildman–Crippen MR) is 58.0 cm³/mol. The van der Waals surface area contributed by atoms with Crippen LogP contribution in [0.2, 0.25) is 0 Å². The van der Waals surface area contributed by atoms with Gasteiger partial charge in [0.05, 0.1) is 0 Å². The van der Waals surface area contributed by atoms with E-state index in [-0.39, 0.29) is 0 Å². The number of benzene rings is 2. The molecule has 0 heterocycles. The molecule has 2 rings (SSSR count). The summed E-state index contributed by atoms with van der Waals surface area (Å²) in [4.78, 5) is 11.0. The van der Waals surface area contributed by atoms with E-state index in [9.17, 15) is 4.79 Å². The minimum Gasteiger partial charge on any atom is -0.408 e. The van der Waals surface area contributed by atoms with Gasteiger partial charge in [-0.25, -0.2) is 10.1 Å². The minimum absolute atomic E-state index is 0.545. The molecule has 3 nitrogen and oxygen atoms in total. The molecule has 0 aliphatic rings. The van der Waals surface area contributed by atoms with Gasteiger partial charge in [0.1, 0.15) is 5.75 Å². The van der Waals surface area contributed by atoms with Crippen LogP contribution in [0.3, 0.4) is 0 Å². The molecule has 0 atom stereocenters. The maximum Gasteiger partial charge on any atom is 0.434 e. The number of hydrogen-bond acceptors (Lipinski definition) is 2. The van der Waals surface area contributed by atoms with Crippen LogP contribution < -0.4 is 10.1 Å². The molecule has 15 heavy (non-hydrogen) atoms. The molecule has 2 aromatic carbocycles. The fourth-order valence-electron chi connectivity index (χ4n) is 1.42. The van der Waals surface area contributed by atoms with Crippen molar-refractivity contribution in [2.75, 3.05) is 7.05 Å². The van der Waals surface area contributed by atoms with Crippen LogP contribution in [-0.2, 0) is 0 Å². The molecule has 1 radical (unpaired) electrons. The standard InChI is InChI=1S/C12H10NO2/c1-13-12(14)15-11-8-4-6-9-5-2-3-7-10(9)11/h2-8H,1H3. The maximum atomic E-state index is 11.0. The Bertz CT molecular complexity index is 488. The molecule has 3 heteroatoms. The van der Waals surface area contributed by atoms with Crippen LogP contribution in [0.4, 0.5) is 4.79 Å². The fourth-order valence-corrected chi connectivity index (χ4v) is 1.42. The van der Waals surface area contributed by atoms with E-state index in [1.165, 1.54) is 7.05 Å². The Balaban J connectivity index is 2.46. The molecule has 0 aromatic heterocycles. The van der Waals surface area contributed by atoms with Gasteiger partial charge in [0.25, 0.3) is 0 Å². The van der Waals surface area contributed by atoms with E-state index in [1.807, 2.05) is 36.4 Å². The second-order valence-electron chi connectivity index (χ2n) is 3.07. The minimum atomic E-state index is -0.577. The zero-order valence-electron chi connectivity index (χ0n) is 8.31. The van der Waals surface area contributed by atoms with E-state index in [0.717, 1.165) is 10.8 Å². The van der Waals surface area contributed by atoms with E-state index < -0.39 is 6.09 Å². The summed E-state index contributed by atoms with van der Waals surface area (Å²) >= 11 is 0. The van der Waals surface area contributed by atoms with Gasteiger partial charge in [-0.3, -0.25) is 0 Å². The first-order chi connectivity index (χ1) is 7.31. The monoisotopic (exact) mass is 200 g/mol. The summed E-state index contributed by atoms with van der Waals surface area (Å²) in [6, 6.07) is 13.3. The highest BCUT2D eigenvalue weighted by Gasteiger charge is 2.05. The van der Waals surface area contributed by atoms with Crippen molar-refractivity contribution in [1.82, 2.24) is 5.32 Å². The summed E-state index contributed by atoms with van der Waals surface area (Å²) in [5.74, 6) is 0.545. The van der Waals surface area contributed by atoms with Crippen LogP contribution in [0.25, 0.3) is 10.8 Å². The lowest BCUT2D eigenvalue weighted by atomic mass is 10.1. The number of ether oxygens (including phenoxy) is 1. The summed E-state index contributed by atoms with van der Waals surface area (Å²) in [6.45, 7) is 0. The Morgan fingerprint density at radius 2 is 1.87 bits per heavy atom. The first-order valence-corrected chi connectivity index (χ1v) is 4.60. The first-order valence-electron chi connectivity index (χ1n) is 4.60. The zero-order valence-corrected chi connectivity index (χ0v) is 8.31. The van der Waals surface area contributed by atoms with Crippen molar-refractivity contribution < 1.29 is 9.53 Å². The van der Waals surface area contributed by atoms with Crippen LogP contribution in [0.15, 0.2) is 42.5 Å². The summed E-state index contributed by atoms with van der Waals surface area (Å²) in [5.41, 5.74) is 0. The number of nitrogens with zero attached hydrogens (tertiary/aromatic N) is 1. The Morgan fingerprint density at radius 3 is 2.67 bits per heavy atom. The van der Waals surface area contributed by atoms with E-state index >= 15 is 0 Å². The molecule has 0 aliphatic carbocycles. The number of carbonyl (C=O) groups is 1. The molecule has 1 amide bonds. The lowest BCUT2D eigenvalue weighted by Crippen LogP contribution is -2.15. The van der Waals surface area contributed by atoms with Crippen molar-refractivity contribution in [3.63, 3.8) is 0 Å². The molecular weight excluding hydrogens is 190 g/mol. The second kappa shape index (κ2) is 4.00. The van der Waals surface area contributed by atoms with Gasteiger partial charge in [-0.05, 0) is 11.5 Å². The molecule has 0 fully saturated rings. The van der Waals surface area contributed by atoms with Crippen molar-refractivity contribution in [2.24, 2.45) is 0 Å². The molecule has 0 spiro atoms. The second-order valence-corrected chi connectivity index (χ2v) is 3.07. The first kappa shape index (κ1) is 9.52. The Hall–Kier alpha value is -2.03. The predicted octanol–water partition coefficient (Wildman–Crippen LogP) is 2.57. The summed E-state index contributed by atoms with van der Waals surface area (Å²) in [5, 5.41) is 5.38. The topological polar surface area (TPSA) is 40.4 Å². The molecule has 0 aliphatic heterocycles. The van der Waals surface area contributed by atoms with Crippen LogP contribution >= 0.6 is 0 Å². The summed E-state index contributed by atoms with van der Waals surface area (Å²) in [7, 11) is 1.41. The van der Waals surface area contributed by atoms with E-state index in [4.69, 9.17) is 4.74 Å². The van der Waals surface area contributed by atoms with E-state index in [2.05, 4.69) is 5.32 Å². The largest absolute Gasteiger partial charge is 0.434 e. The Labute approximate surface area is 87.7 Å². The molecule has 2 aromatic rings. The number of fused-ring (bicyclic) bond motifs is 1. The third-order valence-corrected chi connectivity index (χ3v) is 2.13. The smallest absolute Gasteiger partial charge is 0.408 e. The van der Waals surface area contributed by atoms with Crippen molar-refractivity contribution in [1.29, 1.82) is 0 Å². The molecule has 0 bridgehead atoms. The van der Waals surface area contributed by atoms with Crippen LogP contribution in [0, 0.1) is 0 Å². The van der Waals surface area contributed by atoms with Crippen LogP contribution in [0.5, 0.6) is 5.75 Å². The van der Waals surface area contributed by atoms with Gasteiger partial charge >= 0.3 is 6.09 Å². The van der Waals surface area contributed by atoms with Crippen molar-refractivity contribution >= 4 is 16.9 Å². The molecule has 0 unspecified atom stereocenters. The average molecular weight is 200 g/mol. The third kappa shape index (κ3) is 1.91. The van der Waals surface area contributed by atoms with Crippen molar-refractivity contribution in [2.45, 2.75) is 0 Å². The molecule has 75 valence electrons. The fraction of sp³-hybridized carbons (Fsp3) is 0.0833. The SMILES string of the molecule is C[N]C(=O)Oc1cccc2ccccc12. The molecule has 0 N–H and O–H groups in total. The van der Waals surface area contributed by atoms with Crippen molar-refractivity contribution in [3.8, 4) is 5.75 Å². The van der Waals surface area contributed by atoms with Gasteiger partial charge in [0, 0.05) is 12.4 Å². The highest BCUT2D eigenvalue weighted by molar-refractivity contribution is 5.90. The van der Waals surface area contributed by atoms with Gasteiger partial charge in [-0.15, -0.1) is 0 Å². The molecule has 0 saturated carbocycles. The zero-order chi connectivity index (χ0) is 10.7. The van der Waals surface area contributed by atoms with Gasteiger partial charge in [0.15, 0.2) is 0 Å². The summed E-state index contributed by atoms with van der Waals surface area (Å²) in [6.07, 6.45) is -0.577. The van der Waals surface area contributed by atoms with Gasteiger partial charge in [0.2, 0.25) is 0 Å². The van der Waals surface area contributed by atoms with Crippen LogP contribution in [0.1, 0.15) is 0 Å². The number of rotatable bonds is 1. The van der Waals surface area contributed by atoms with Gasteiger partial charge in [-0.2, -0.15) is 0 Å². The van der Waals surface area contributed by atoms with Crippen LogP contribution in [-0.4, -0.2) is 13.1 Å². The highest BCUT2D eigenvalue weighted by Crippen LogP contribution is 2.24. The maximum absolute atomic E-state index is 11.0. The summed E-state index contributed by atoms with van der Waals surface area (Å²) < 4.78 is 5.07. The quantitative estimate of drug-likeness (QED) is 0.709. The van der Waals surface area contributed by atoms with Crippen molar-refractivity contribution in [3.05, 3.63) is 42.5 Å². The average Bonchev–Trinajstić information content (AvgIpc) is 2.29. The third-order valence-electron chi connectivity index (χ3n) is 2.13.